The Morgan fingerprint density at radius 3 is 2.26 bits per heavy atom. The Bertz CT molecular complexity index is 1070. The summed E-state index contributed by atoms with van der Waals surface area (Å²) < 4.78 is 44.3. The maximum absolute atomic E-state index is 12.5. The van der Waals surface area contributed by atoms with Gasteiger partial charge in [-0.2, -0.15) is 0 Å². The molecule has 0 fully saturated rings. The van der Waals surface area contributed by atoms with Crippen LogP contribution in [-0.2, 0) is 16.4 Å². The maximum atomic E-state index is 12.5. The fourth-order valence-electron chi connectivity index (χ4n) is 3.04. The summed E-state index contributed by atoms with van der Waals surface area (Å²) in [5.74, 6) is 2.66. The van der Waals surface area contributed by atoms with Crippen molar-refractivity contribution in [1.29, 1.82) is 0 Å². The normalized spacial score (nSPS) is 11.2. The van der Waals surface area contributed by atoms with E-state index in [-0.39, 0.29) is 4.90 Å². The molecule has 164 valence electrons. The molecule has 0 aromatic heterocycles. The van der Waals surface area contributed by atoms with Crippen LogP contribution in [0, 0.1) is 0 Å². The monoisotopic (exact) mass is 441 g/mol. The fourth-order valence-corrected chi connectivity index (χ4v) is 4.11. The first-order valence-electron chi connectivity index (χ1n) is 10.1. The topological polar surface area (TPSA) is 73.9 Å². The molecule has 31 heavy (non-hydrogen) atoms. The number of benzene rings is 3. The van der Waals surface area contributed by atoms with E-state index in [0.717, 1.165) is 12.0 Å². The second-order valence-electron chi connectivity index (χ2n) is 6.81. The van der Waals surface area contributed by atoms with Gasteiger partial charge in [0, 0.05) is 6.54 Å². The minimum absolute atomic E-state index is 0.204. The molecule has 0 saturated carbocycles. The van der Waals surface area contributed by atoms with Gasteiger partial charge in [-0.05, 0) is 73.9 Å². The van der Waals surface area contributed by atoms with Crippen molar-refractivity contribution >= 4 is 10.0 Å². The Morgan fingerprint density at radius 2 is 1.58 bits per heavy atom. The Labute approximate surface area is 183 Å². The lowest BCUT2D eigenvalue weighted by molar-refractivity contribution is 0.310. The van der Waals surface area contributed by atoms with Crippen molar-refractivity contribution in [3.63, 3.8) is 0 Å². The van der Waals surface area contributed by atoms with Gasteiger partial charge in [-0.25, -0.2) is 13.1 Å². The fraction of sp³-hybridized carbons (Fsp3) is 0.250. The van der Waals surface area contributed by atoms with Crippen LogP contribution in [0.1, 0.15) is 18.9 Å². The van der Waals surface area contributed by atoms with Crippen molar-refractivity contribution in [2.45, 2.75) is 24.7 Å². The predicted octanol–water partition coefficient (Wildman–Crippen LogP) is 4.80. The summed E-state index contributed by atoms with van der Waals surface area (Å²) in [6, 6.07) is 21.5. The average Bonchev–Trinajstić information content (AvgIpc) is 2.79. The lowest BCUT2D eigenvalue weighted by atomic mass is 10.1. The van der Waals surface area contributed by atoms with E-state index in [9.17, 15) is 8.42 Å². The molecule has 7 heteroatoms. The number of hydrogen-bond donors (Lipinski definition) is 1. The summed E-state index contributed by atoms with van der Waals surface area (Å²) in [4.78, 5) is 0.204. The molecule has 1 N–H and O–H groups in total. The quantitative estimate of drug-likeness (QED) is 0.433. The third-order valence-corrected chi connectivity index (χ3v) is 6.05. The third-order valence-electron chi connectivity index (χ3n) is 4.58. The number of ether oxygens (including phenoxy) is 3. The van der Waals surface area contributed by atoms with Crippen LogP contribution < -0.4 is 18.9 Å². The van der Waals surface area contributed by atoms with Crippen molar-refractivity contribution in [2.75, 3.05) is 20.3 Å². The van der Waals surface area contributed by atoms with Crippen LogP contribution in [0.3, 0.4) is 0 Å². The largest absolute Gasteiger partial charge is 0.493 e. The Kier molecular flexibility index (Phi) is 7.92. The minimum Gasteiger partial charge on any atom is -0.493 e. The van der Waals surface area contributed by atoms with Gasteiger partial charge in [0.05, 0.1) is 18.6 Å². The highest BCUT2D eigenvalue weighted by Gasteiger charge is 2.13. The SMILES string of the molecule is CCOc1ccc(CCCNS(=O)(=O)c2ccc(Oc3ccccc3)cc2)cc1OC. The summed E-state index contributed by atoms with van der Waals surface area (Å²) in [5, 5.41) is 0. The summed E-state index contributed by atoms with van der Waals surface area (Å²) in [6.45, 7) is 2.82. The van der Waals surface area contributed by atoms with Crippen molar-refractivity contribution in [3.05, 3.63) is 78.4 Å². The Hall–Kier alpha value is -3.03. The molecule has 6 nitrogen and oxygen atoms in total. The molecule has 0 aliphatic carbocycles. The van der Waals surface area contributed by atoms with Gasteiger partial charge in [0.15, 0.2) is 11.5 Å². The third kappa shape index (κ3) is 6.47. The number of para-hydroxylation sites is 1. The van der Waals surface area contributed by atoms with Crippen molar-refractivity contribution < 1.29 is 22.6 Å². The first-order chi connectivity index (χ1) is 15.0. The zero-order chi connectivity index (χ0) is 22.1. The van der Waals surface area contributed by atoms with Crippen molar-refractivity contribution in [1.82, 2.24) is 4.72 Å². The summed E-state index contributed by atoms with van der Waals surface area (Å²) in [7, 11) is -1.98. The number of nitrogens with one attached hydrogen (secondary N) is 1. The maximum Gasteiger partial charge on any atom is 0.240 e. The van der Waals surface area contributed by atoms with Crippen LogP contribution >= 0.6 is 0 Å². The van der Waals surface area contributed by atoms with Crippen LogP contribution in [0.2, 0.25) is 0 Å². The van der Waals surface area contributed by atoms with Crippen LogP contribution in [0.5, 0.6) is 23.0 Å². The lowest BCUT2D eigenvalue weighted by Gasteiger charge is -2.11. The molecular formula is C24H27NO5S. The molecule has 0 atom stereocenters. The Balaban J connectivity index is 1.52. The van der Waals surface area contributed by atoms with Crippen LogP contribution in [0.25, 0.3) is 0 Å². The van der Waals surface area contributed by atoms with Gasteiger partial charge in [-0.3, -0.25) is 0 Å². The van der Waals surface area contributed by atoms with E-state index in [1.165, 1.54) is 12.1 Å². The van der Waals surface area contributed by atoms with Gasteiger partial charge in [0.1, 0.15) is 11.5 Å². The van der Waals surface area contributed by atoms with E-state index in [4.69, 9.17) is 14.2 Å². The molecule has 0 bridgehead atoms. The highest BCUT2D eigenvalue weighted by Crippen LogP contribution is 2.28. The Morgan fingerprint density at radius 1 is 0.871 bits per heavy atom. The van der Waals surface area contributed by atoms with E-state index in [2.05, 4.69) is 4.72 Å². The van der Waals surface area contributed by atoms with Gasteiger partial charge in [0.25, 0.3) is 0 Å². The molecule has 0 unspecified atom stereocenters. The number of hydrogen-bond acceptors (Lipinski definition) is 5. The van der Waals surface area contributed by atoms with E-state index < -0.39 is 10.0 Å². The average molecular weight is 442 g/mol. The summed E-state index contributed by atoms with van der Waals surface area (Å²) >= 11 is 0. The summed E-state index contributed by atoms with van der Waals surface area (Å²) in [6.07, 6.45) is 1.38. The van der Waals surface area contributed by atoms with Crippen molar-refractivity contribution in [3.8, 4) is 23.0 Å². The number of rotatable bonds is 11. The van der Waals surface area contributed by atoms with Crippen LogP contribution in [-0.4, -0.2) is 28.7 Å². The second-order valence-corrected chi connectivity index (χ2v) is 8.57. The molecule has 0 saturated heterocycles. The second kappa shape index (κ2) is 10.8. The summed E-state index contributed by atoms with van der Waals surface area (Å²) in [5.41, 5.74) is 1.06. The molecule has 3 rings (SSSR count). The zero-order valence-corrected chi connectivity index (χ0v) is 18.5. The molecule has 0 heterocycles. The molecule has 0 aliphatic heterocycles. The standard InChI is InChI=1S/C24H27NO5S/c1-3-29-23-16-11-19(18-24(23)28-2)8-7-17-25-31(26,27)22-14-12-21(13-15-22)30-20-9-5-4-6-10-20/h4-6,9-16,18,25H,3,7-8,17H2,1-2H3. The van der Waals surface area contributed by atoms with E-state index in [1.807, 2.05) is 55.5 Å². The highest BCUT2D eigenvalue weighted by atomic mass is 32.2. The van der Waals surface area contributed by atoms with E-state index in [0.29, 0.717) is 42.6 Å². The number of methoxy groups -OCH3 is 1. The molecular weight excluding hydrogens is 414 g/mol. The van der Waals surface area contributed by atoms with Gasteiger partial charge < -0.3 is 14.2 Å². The molecule has 0 radical (unpaired) electrons. The molecule has 0 aliphatic rings. The first kappa shape index (κ1) is 22.7. The number of sulfonamides is 1. The predicted molar refractivity (Wildman–Crippen MR) is 121 cm³/mol. The van der Waals surface area contributed by atoms with Gasteiger partial charge in [-0.1, -0.05) is 24.3 Å². The van der Waals surface area contributed by atoms with Gasteiger partial charge in [-0.15, -0.1) is 0 Å². The smallest absolute Gasteiger partial charge is 0.240 e. The van der Waals surface area contributed by atoms with E-state index >= 15 is 0 Å². The van der Waals surface area contributed by atoms with Crippen LogP contribution in [0.4, 0.5) is 0 Å². The molecule has 3 aromatic rings. The minimum atomic E-state index is -3.58. The zero-order valence-electron chi connectivity index (χ0n) is 17.7. The molecule has 0 spiro atoms. The number of aryl methyl sites for hydroxylation is 1. The van der Waals surface area contributed by atoms with Crippen LogP contribution in [0.15, 0.2) is 77.7 Å². The highest BCUT2D eigenvalue weighted by molar-refractivity contribution is 7.89. The lowest BCUT2D eigenvalue weighted by Crippen LogP contribution is -2.25. The van der Waals surface area contributed by atoms with Gasteiger partial charge in [0.2, 0.25) is 10.0 Å². The van der Waals surface area contributed by atoms with Gasteiger partial charge >= 0.3 is 0 Å². The van der Waals surface area contributed by atoms with E-state index in [1.54, 1.807) is 19.2 Å². The first-order valence-corrected chi connectivity index (χ1v) is 11.6. The van der Waals surface area contributed by atoms with Crippen molar-refractivity contribution in [2.24, 2.45) is 0 Å². The molecule has 0 amide bonds. The molecule has 3 aromatic carbocycles.